The van der Waals surface area contributed by atoms with Crippen LogP contribution in [-0.2, 0) is 16.1 Å². The number of likely N-dealkylation sites (N-methyl/N-ethyl adjacent to an activating group) is 1. The van der Waals surface area contributed by atoms with Crippen molar-refractivity contribution in [3.05, 3.63) is 77.7 Å². The van der Waals surface area contributed by atoms with Gasteiger partial charge < -0.3 is 34.2 Å². The molecular formula is C30H32N4O5. The number of benzene rings is 2. The third-order valence-corrected chi connectivity index (χ3v) is 6.17. The van der Waals surface area contributed by atoms with E-state index in [1.807, 2.05) is 49.4 Å². The van der Waals surface area contributed by atoms with Crippen LogP contribution in [0.25, 0.3) is 17.0 Å². The molecule has 4 aromatic rings. The number of methoxy groups -OCH3 is 1. The first kappa shape index (κ1) is 27.3. The predicted molar refractivity (Wildman–Crippen MR) is 152 cm³/mol. The van der Waals surface area contributed by atoms with Gasteiger partial charge in [0.05, 0.1) is 12.8 Å². The zero-order chi connectivity index (χ0) is 27.8. The number of aromatic nitrogens is 1. The van der Waals surface area contributed by atoms with Gasteiger partial charge in [0, 0.05) is 62.9 Å². The Morgan fingerprint density at radius 2 is 1.95 bits per heavy atom. The van der Waals surface area contributed by atoms with Gasteiger partial charge in [-0.25, -0.2) is 4.98 Å². The summed E-state index contributed by atoms with van der Waals surface area (Å²) in [6.45, 7) is 2.74. The summed E-state index contributed by atoms with van der Waals surface area (Å²) in [4.78, 5) is 29.6. The lowest BCUT2D eigenvalue weighted by molar-refractivity contribution is -0.125. The number of hydrogen-bond acceptors (Lipinski definition) is 8. The Bertz CT molecular complexity index is 1490. The summed E-state index contributed by atoms with van der Waals surface area (Å²) in [5, 5.41) is 7.08. The highest BCUT2D eigenvalue weighted by atomic mass is 16.5. The maximum atomic E-state index is 13.0. The number of carbonyl (C=O) groups excluding carboxylic acids is 2. The molecule has 2 N–H and O–H groups in total. The van der Waals surface area contributed by atoms with Crippen molar-refractivity contribution in [1.29, 1.82) is 0 Å². The topological polar surface area (TPSA) is 106 Å². The van der Waals surface area contributed by atoms with E-state index in [2.05, 4.69) is 15.6 Å². The van der Waals surface area contributed by atoms with Crippen molar-refractivity contribution in [1.82, 2.24) is 9.88 Å². The van der Waals surface area contributed by atoms with Gasteiger partial charge in [0.2, 0.25) is 5.91 Å². The lowest BCUT2D eigenvalue weighted by Crippen LogP contribution is -2.24. The number of carbonyl (C=O) groups is 2. The predicted octanol–water partition coefficient (Wildman–Crippen LogP) is 5.65. The Morgan fingerprint density at radius 1 is 1.15 bits per heavy atom. The second kappa shape index (κ2) is 12.6. The Labute approximate surface area is 227 Å². The van der Waals surface area contributed by atoms with Crippen LogP contribution in [0, 0.1) is 6.92 Å². The molecule has 1 amide bonds. The minimum atomic E-state index is -0.166. The minimum Gasteiger partial charge on any atom is -0.497 e. The van der Waals surface area contributed by atoms with Crippen LogP contribution in [0.4, 0.5) is 11.5 Å². The fourth-order valence-electron chi connectivity index (χ4n) is 4.11. The van der Waals surface area contributed by atoms with Gasteiger partial charge in [-0.3, -0.25) is 4.79 Å². The molecule has 0 saturated carbocycles. The Balaban J connectivity index is 1.49. The van der Waals surface area contributed by atoms with E-state index in [1.54, 1.807) is 44.4 Å². The highest BCUT2D eigenvalue weighted by molar-refractivity contribution is 5.93. The summed E-state index contributed by atoms with van der Waals surface area (Å²) in [7, 11) is 5.13. The van der Waals surface area contributed by atoms with Crippen LogP contribution in [0.1, 0.15) is 23.3 Å². The third kappa shape index (κ3) is 6.56. The minimum absolute atomic E-state index is 0.166. The molecular weight excluding hydrogens is 496 g/mol. The fourth-order valence-corrected chi connectivity index (χ4v) is 4.11. The van der Waals surface area contributed by atoms with Crippen molar-refractivity contribution >= 4 is 40.7 Å². The molecule has 0 saturated heterocycles. The van der Waals surface area contributed by atoms with Gasteiger partial charge in [-0.1, -0.05) is 18.2 Å². The standard InChI is InChI=1S/C30H32N4O5/c1-20-25(24-10-6-11-27(29(24)38-20)39-23-9-5-8-22(17-23)37-4)19-34(3)28(36)13-12-21-16-26(32-14-7-15-35)30(31-2)33-18-21/h5-6,8-13,15-18,32H,7,14,19H2,1-4H3,(H,31,33)/b13-12+. The summed E-state index contributed by atoms with van der Waals surface area (Å²) in [6, 6.07) is 15.0. The molecule has 0 aliphatic heterocycles. The van der Waals surface area contributed by atoms with E-state index in [9.17, 15) is 9.59 Å². The zero-order valence-corrected chi connectivity index (χ0v) is 22.5. The first-order chi connectivity index (χ1) is 18.9. The Hall–Kier alpha value is -4.79. The van der Waals surface area contributed by atoms with Crippen molar-refractivity contribution < 1.29 is 23.5 Å². The average Bonchev–Trinajstić information content (AvgIpc) is 3.27. The van der Waals surface area contributed by atoms with E-state index < -0.39 is 0 Å². The quantitative estimate of drug-likeness (QED) is 0.138. The van der Waals surface area contributed by atoms with E-state index in [-0.39, 0.29) is 5.91 Å². The van der Waals surface area contributed by atoms with Gasteiger partial charge in [0.15, 0.2) is 11.3 Å². The SMILES string of the molecule is CNc1ncc(/C=C/C(=O)N(C)Cc2c(C)oc3c(Oc4cccc(OC)c4)cccc23)cc1NCCC=O. The number of hydrogen-bond donors (Lipinski definition) is 2. The molecule has 0 radical (unpaired) electrons. The molecule has 0 unspecified atom stereocenters. The number of ether oxygens (including phenoxy) is 2. The molecule has 0 aliphatic carbocycles. The molecule has 4 rings (SSSR count). The molecule has 2 aromatic carbocycles. The summed E-state index contributed by atoms with van der Waals surface area (Å²) >= 11 is 0. The van der Waals surface area contributed by atoms with Gasteiger partial charge in [-0.05, 0) is 42.8 Å². The molecule has 9 heteroatoms. The zero-order valence-electron chi connectivity index (χ0n) is 22.5. The molecule has 2 heterocycles. The maximum Gasteiger partial charge on any atom is 0.246 e. The van der Waals surface area contributed by atoms with Gasteiger partial charge in [-0.15, -0.1) is 0 Å². The highest BCUT2D eigenvalue weighted by Crippen LogP contribution is 2.36. The third-order valence-electron chi connectivity index (χ3n) is 6.17. The second-order valence-corrected chi connectivity index (χ2v) is 8.88. The van der Waals surface area contributed by atoms with Gasteiger partial charge in [0.25, 0.3) is 0 Å². The van der Waals surface area contributed by atoms with Crippen molar-refractivity contribution in [3.8, 4) is 17.2 Å². The van der Waals surface area contributed by atoms with Crippen molar-refractivity contribution in [2.24, 2.45) is 0 Å². The molecule has 0 bridgehead atoms. The van der Waals surface area contributed by atoms with E-state index in [1.165, 1.54) is 6.08 Å². The van der Waals surface area contributed by atoms with Gasteiger partial charge in [-0.2, -0.15) is 0 Å². The smallest absolute Gasteiger partial charge is 0.246 e. The number of amides is 1. The molecule has 0 aliphatic rings. The largest absolute Gasteiger partial charge is 0.497 e. The molecule has 0 fully saturated rings. The number of aryl methyl sites for hydroxylation is 1. The maximum absolute atomic E-state index is 13.0. The first-order valence-corrected chi connectivity index (χ1v) is 12.5. The molecule has 39 heavy (non-hydrogen) atoms. The number of furan rings is 1. The van der Waals surface area contributed by atoms with Crippen LogP contribution >= 0.6 is 0 Å². The number of pyridine rings is 1. The van der Waals surface area contributed by atoms with Crippen LogP contribution in [-0.4, -0.2) is 49.8 Å². The van der Waals surface area contributed by atoms with Crippen LogP contribution in [0.5, 0.6) is 17.2 Å². The first-order valence-electron chi connectivity index (χ1n) is 12.5. The van der Waals surface area contributed by atoms with Crippen LogP contribution in [0.15, 0.2) is 65.2 Å². The Kier molecular flexibility index (Phi) is 8.83. The lowest BCUT2D eigenvalue weighted by Gasteiger charge is -2.15. The average molecular weight is 529 g/mol. The number of nitrogens with one attached hydrogen (secondary N) is 2. The highest BCUT2D eigenvalue weighted by Gasteiger charge is 2.18. The Morgan fingerprint density at radius 3 is 2.72 bits per heavy atom. The van der Waals surface area contributed by atoms with E-state index >= 15 is 0 Å². The van der Waals surface area contributed by atoms with Gasteiger partial charge >= 0.3 is 0 Å². The summed E-state index contributed by atoms with van der Waals surface area (Å²) in [6.07, 6.45) is 6.16. The molecule has 9 nitrogen and oxygen atoms in total. The number of aldehydes is 1. The normalized spacial score (nSPS) is 11.0. The van der Waals surface area contributed by atoms with Crippen molar-refractivity contribution in [2.75, 3.05) is 38.4 Å². The van der Waals surface area contributed by atoms with E-state index in [0.717, 1.165) is 28.5 Å². The number of rotatable bonds is 12. The number of para-hydroxylation sites is 1. The molecule has 2 aromatic heterocycles. The van der Waals surface area contributed by atoms with Crippen LogP contribution < -0.4 is 20.1 Å². The summed E-state index contributed by atoms with van der Waals surface area (Å²) < 4.78 is 17.5. The monoisotopic (exact) mass is 528 g/mol. The van der Waals surface area contributed by atoms with Crippen molar-refractivity contribution in [2.45, 2.75) is 19.9 Å². The summed E-state index contributed by atoms with van der Waals surface area (Å²) in [5.41, 5.74) is 3.05. The fraction of sp³-hybridized carbons (Fsp3) is 0.233. The molecule has 0 atom stereocenters. The van der Waals surface area contributed by atoms with Crippen LogP contribution in [0.2, 0.25) is 0 Å². The lowest BCUT2D eigenvalue weighted by atomic mass is 10.1. The second-order valence-electron chi connectivity index (χ2n) is 8.88. The summed E-state index contributed by atoms with van der Waals surface area (Å²) in [5.74, 6) is 3.13. The van der Waals surface area contributed by atoms with Crippen LogP contribution in [0.3, 0.4) is 0 Å². The number of anilines is 2. The molecule has 0 spiro atoms. The molecule has 202 valence electrons. The van der Waals surface area contributed by atoms with E-state index in [4.69, 9.17) is 13.9 Å². The van der Waals surface area contributed by atoms with E-state index in [0.29, 0.717) is 53.9 Å². The number of nitrogens with zero attached hydrogens (tertiary/aromatic N) is 2. The number of fused-ring (bicyclic) bond motifs is 1. The van der Waals surface area contributed by atoms with Gasteiger partial charge in [0.1, 0.15) is 29.4 Å². The van der Waals surface area contributed by atoms with Crippen molar-refractivity contribution in [3.63, 3.8) is 0 Å².